The fourth-order valence-corrected chi connectivity index (χ4v) is 9.19. The van der Waals surface area contributed by atoms with E-state index in [1.165, 1.54) is 41.7 Å². The standard InChI is InChI=1S/C54H86N14O13/c1-9-31(8)44(51(77)64-37(21-29(4)5)47(73)66-41(53(79)80)23-32-14-16-34(69)17-15-32)67-49(75)38(22-30(6)7)62-48(74)39(25-43(56)70)63-46(72)36(12-10-18-59-54(57)81)61-50(76)42-13-11-19-68(42)52(78)40(24-33-26-58-27-60-33)65-45(71)35(55)20-28(2)3/h14-17,26-31,35-42,44,69H,9-13,18-25,55H2,1-8H3,(H2,56,70)(H,58,60)(H,61,76)(H,62,74)(H,63,72)(H,64,77)(H,65,71)(H,66,73)(H,67,75)(H,79,80)(H3,57,59,81)/t31-,35-,36-,37-,38-,39-,40-,41-,42-,44-/m0/s1. The van der Waals surface area contributed by atoms with E-state index in [1.54, 1.807) is 41.5 Å². The number of aromatic nitrogens is 2. The number of nitrogens with zero attached hydrogens (tertiary/aromatic N) is 2. The number of nitrogens with two attached hydrogens (primary N) is 3. The minimum Gasteiger partial charge on any atom is -0.508 e. The molecule has 0 saturated carbocycles. The van der Waals surface area contributed by atoms with Gasteiger partial charge in [0.1, 0.15) is 54.1 Å². The lowest BCUT2D eigenvalue weighted by Crippen LogP contribution is -2.61. The number of phenols is 1. The lowest BCUT2D eigenvalue weighted by Gasteiger charge is -2.31. The monoisotopic (exact) mass is 1140 g/mol. The molecular weight excluding hydrogens is 1050 g/mol. The Morgan fingerprint density at radius 1 is 0.679 bits per heavy atom. The van der Waals surface area contributed by atoms with Crippen molar-refractivity contribution in [1.29, 1.82) is 0 Å². The quantitative estimate of drug-likeness (QED) is 0.0382. The average molecular weight is 1140 g/mol. The SMILES string of the molecule is CC[C@H](C)[C@H](NC(=O)[C@H](CC(C)C)NC(=O)[C@H](CC(N)=O)NC(=O)[C@H](CCCNC(N)=O)NC(=O)[C@@H]1CCCN1C(=O)[C@H](Cc1cnc[nH]1)NC(=O)[C@@H](N)CC(C)C)C(=O)N[C@@H](CC(C)C)C(=O)N[C@@H](Cc1ccc(O)cc1)C(=O)O. The van der Waals surface area contributed by atoms with Crippen LogP contribution >= 0.6 is 0 Å². The summed E-state index contributed by atoms with van der Waals surface area (Å²) in [5, 5.41) is 40.4. The summed E-state index contributed by atoms with van der Waals surface area (Å²) in [7, 11) is 0. The molecule has 2 heterocycles. The van der Waals surface area contributed by atoms with Gasteiger partial charge in [-0.2, -0.15) is 0 Å². The van der Waals surface area contributed by atoms with Crippen LogP contribution in [0.4, 0.5) is 4.79 Å². The average Bonchev–Trinajstić information content (AvgIpc) is 4.11. The van der Waals surface area contributed by atoms with Crippen molar-refractivity contribution in [2.24, 2.45) is 40.9 Å². The zero-order valence-electron chi connectivity index (χ0n) is 47.7. The van der Waals surface area contributed by atoms with Crippen molar-refractivity contribution in [3.63, 3.8) is 0 Å². The number of aromatic amines is 1. The van der Waals surface area contributed by atoms with Crippen LogP contribution in [0.2, 0.25) is 0 Å². The van der Waals surface area contributed by atoms with E-state index in [-0.39, 0.29) is 81.5 Å². The summed E-state index contributed by atoms with van der Waals surface area (Å²) in [6, 6.07) is -6.81. The van der Waals surface area contributed by atoms with Crippen LogP contribution in [-0.4, -0.2) is 158 Å². The summed E-state index contributed by atoms with van der Waals surface area (Å²) >= 11 is 0. The molecular formula is C54H86N14O13. The number of likely N-dealkylation sites (tertiary alicyclic amines) is 1. The van der Waals surface area contributed by atoms with E-state index >= 15 is 0 Å². The van der Waals surface area contributed by atoms with Crippen LogP contribution in [0.15, 0.2) is 36.8 Å². The number of primary amides is 2. The summed E-state index contributed by atoms with van der Waals surface area (Å²) in [4.78, 5) is 157. The van der Waals surface area contributed by atoms with Crippen molar-refractivity contribution in [3.8, 4) is 5.75 Å². The second kappa shape index (κ2) is 33.0. The Balaban J connectivity index is 1.87. The molecule has 1 aromatic carbocycles. The maximum absolute atomic E-state index is 14.3. The van der Waals surface area contributed by atoms with Gasteiger partial charge in [-0.3, -0.25) is 43.2 Å². The number of phenolic OH excluding ortho intramolecular Hbond substituents is 1. The molecule has 1 aliphatic rings. The van der Waals surface area contributed by atoms with Crippen LogP contribution < -0.4 is 59.7 Å². The van der Waals surface area contributed by atoms with E-state index < -0.39 is 132 Å². The predicted molar refractivity (Wildman–Crippen MR) is 296 cm³/mol. The molecule has 17 N–H and O–H groups in total. The van der Waals surface area contributed by atoms with Crippen molar-refractivity contribution in [2.45, 2.75) is 180 Å². The third-order valence-corrected chi connectivity index (χ3v) is 13.6. The molecule has 1 aliphatic heterocycles. The van der Waals surface area contributed by atoms with Gasteiger partial charge in [0, 0.05) is 37.8 Å². The van der Waals surface area contributed by atoms with Gasteiger partial charge in [0.15, 0.2) is 0 Å². The fraction of sp³-hybridized carbons (Fsp3) is 0.630. The van der Waals surface area contributed by atoms with E-state index in [2.05, 4.69) is 52.5 Å². The molecule has 0 unspecified atom stereocenters. The number of hydrogen-bond acceptors (Lipinski definition) is 14. The van der Waals surface area contributed by atoms with Gasteiger partial charge >= 0.3 is 12.0 Å². The highest BCUT2D eigenvalue weighted by atomic mass is 16.4. The second-order valence-corrected chi connectivity index (χ2v) is 22.0. The number of imidazole rings is 1. The van der Waals surface area contributed by atoms with Crippen molar-refractivity contribution in [2.75, 3.05) is 13.1 Å². The number of amides is 11. The lowest BCUT2D eigenvalue weighted by molar-refractivity contribution is -0.142. The van der Waals surface area contributed by atoms with Gasteiger partial charge in [-0.15, -0.1) is 0 Å². The molecule has 27 heteroatoms. The number of H-pyrrole nitrogens is 1. The van der Waals surface area contributed by atoms with Crippen LogP contribution in [0.3, 0.4) is 0 Å². The summed E-state index contributed by atoms with van der Waals surface area (Å²) in [6.07, 6.45) is 3.19. The number of urea groups is 1. The van der Waals surface area contributed by atoms with Gasteiger partial charge in [-0.25, -0.2) is 14.6 Å². The first-order valence-electron chi connectivity index (χ1n) is 27.6. The van der Waals surface area contributed by atoms with E-state index in [0.717, 1.165) is 0 Å². The molecule has 81 heavy (non-hydrogen) atoms. The van der Waals surface area contributed by atoms with Crippen LogP contribution in [-0.2, 0) is 60.8 Å². The number of aliphatic carboxylic acids is 1. The number of benzene rings is 1. The molecule has 0 bridgehead atoms. The predicted octanol–water partition coefficient (Wildman–Crippen LogP) is -0.795. The normalized spacial score (nSPS) is 16.5. The topological polar surface area (TPSA) is 434 Å². The third kappa shape index (κ3) is 23.0. The van der Waals surface area contributed by atoms with Gasteiger partial charge in [0.2, 0.25) is 53.2 Å². The number of carboxylic acids is 1. The van der Waals surface area contributed by atoms with Gasteiger partial charge in [-0.05, 0) is 86.3 Å². The number of carbonyl (C=O) groups is 11. The van der Waals surface area contributed by atoms with E-state index in [0.29, 0.717) is 30.5 Å². The number of nitrogens with one attached hydrogen (secondary N) is 9. The van der Waals surface area contributed by atoms with E-state index in [4.69, 9.17) is 17.2 Å². The van der Waals surface area contributed by atoms with Crippen molar-refractivity contribution in [3.05, 3.63) is 48.0 Å². The molecule has 11 amide bonds. The third-order valence-electron chi connectivity index (χ3n) is 13.6. The molecule has 0 spiro atoms. The first-order chi connectivity index (χ1) is 38.1. The van der Waals surface area contributed by atoms with Gasteiger partial charge in [-0.1, -0.05) is 73.9 Å². The first kappa shape index (κ1) is 67.4. The van der Waals surface area contributed by atoms with Crippen molar-refractivity contribution >= 4 is 65.2 Å². The van der Waals surface area contributed by atoms with Crippen LogP contribution in [0.5, 0.6) is 5.75 Å². The lowest BCUT2D eigenvalue weighted by atomic mass is 9.95. The number of carbonyl (C=O) groups excluding carboxylic acids is 10. The van der Waals surface area contributed by atoms with Crippen molar-refractivity contribution < 1.29 is 63.0 Å². The van der Waals surface area contributed by atoms with Gasteiger partial charge in [0.05, 0.1) is 18.8 Å². The van der Waals surface area contributed by atoms with Crippen molar-refractivity contribution in [1.82, 2.24) is 57.4 Å². The van der Waals surface area contributed by atoms with E-state index in [9.17, 15) is 63.0 Å². The minimum atomic E-state index is -1.73. The number of aromatic hydroxyl groups is 1. The highest BCUT2D eigenvalue weighted by Gasteiger charge is 2.41. The molecule has 10 atom stereocenters. The Kier molecular flexibility index (Phi) is 27.5. The summed E-state index contributed by atoms with van der Waals surface area (Å²) < 4.78 is 0. The Morgan fingerprint density at radius 3 is 1.77 bits per heavy atom. The molecule has 450 valence electrons. The molecule has 0 radical (unpaired) electrons. The summed E-state index contributed by atoms with van der Waals surface area (Å²) in [6.45, 7) is 14.4. The highest BCUT2D eigenvalue weighted by molar-refractivity contribution is 5.99. The number of carboxylic acid groups (broad SMARTS) is 1. The Labute approximate surface area is 472 Å². The zero-order chi connectivity index (χ0) is 60.7. The van der Waals surface area contributed by atoms with Crippen LogP contribution in [0, 0.1) is 23.7 Å². The fourth-order valence-electron chi connectivity index (χ4n) is 9.19. The molecule has 2 aromatic rings. The number of hydrogen-bond donors (Lipinski definition) is 14. The first-order valence-corrected chi connectivity index (χ1v) is 27.6. The maximum atomic E-state index is 14.3. The Hall–Kier alpha value is -7.84. The molecule has 3 rings (SSSR count). The Bertz CT molecular complexity index is 2460. The molecule has 0 aliphatic carbocycles. The van der Waals surface area contributed by atoms with Crippen LogP contribution in [0.1, 0.15) is 124 Å². The summed E-state index contributed by atoms with van der Waals surface area (Å²) in [5.41, 5.74) is 18.0. The molecule has 1 aromatic heterocycles. The molecule has 1 saturated heterocycles. The van der Waals surface area contributed by atoms with Crippen LogP contribution in [0.25, 0.3) is 0 Å². The smallest absolute Gasteiger partial charge is 0.326 e. The second-order valence-electron chi connectivity index (χ2n) is 22.0. The van der Waals surface area contributed by atoms with E-state index in [1.807, 2.05) is 13.8 Å². The zero-order valence-corrected chi connectivity index (χ0v) is 47.7. The minimum absolute atomic E-state index is 0.0133. The highest BCUT2D eigenvalue weighted by Crippen LogP contribution is 2.21. The van der Waals surface area contributed by atoms with Gasteiger partial charge in [0.25, 0.3) is 0 Å². The molecule has 1 fully saturated rings. The largest absolute Gasteiger partial charge is 0.508 e. The Morgan fingerprint density at radius 2 is 1.22 bits per heavy atom. The number of rotatable bonds is 34. The molecule has 27 nitrogen and oxygen atoms in total. The summed E-state index contributed by atoms with van der Waals surface area (Å²) in [5.74, 6) is -9.65. The maximum Gasteiger partial charge on any atom is 0.326 e. The van der Waals surface area contributed by atoms with Gasteiger partial charge < -0.3 is 79.8 Å².